The van der Waals surface area contributed by atoms with Crippen LogP contribution in [0.4, 0.5) is 0 Å². The van der Waals surface area contributed by atoms with Crippen LogP contribution in [0.1, 0.15) is 26.2 Å². The predicted octanol–water partition coefficient (Wildman–Crippen LogP) is 1.21. The molecule has 0 aromatic rings. The van der Waals surface area contributed by atoms with Crippen LogP contribution in [-0.2, 0) is 9.47 Å². The molecular weight excluding hydrogens is 228 g/mol. The molecule has 2 saturated heterocycles. The molecule has 0 aromatic carbocycles. The third-order valence-corrected chi connectivity index (χ3v) is 4.33. The minimum Gasteiger partial charge on any atom is -0.382 e. The monoisotopic (exact) mass is 256 g/mol. The van der Waals surface area contributed by atoms with Crippen LogP contribution in [0.25, 0.3) is 0 Å². The average molecular weight is 256 g/mol. The van der Waals surface area contributed by atoms with Crippen molar-refractivity contribution < 1.29 is 9.47 Å². The lowest BCUT2D eigenvalue weighted by Crippen LogP contribution is -2.56. The van der Waals surface area contributed by atoms with Gasteiger partial charge in [0.2, 0.25) is 0 Å². The summed E-state index contributed by atoms with van der Waals surface area (Å²) in [6, 6.07) is 1.54. The first-order chi connectivity index (χ1) is 8.85. The van der Waals surface area contributed by atoms with Crippen LogP contribution < -0.4 is 0 Å². The van der Waals surface area contributed by atoms with Crippen molar-refractivity contribution in [1.82, 2.24) is 9.80 Å². The summed E-state index contributed by atoms with van der Waals surface area (Å²) in [7, 11) is 1.72. The van der Waals surface area contributed by atoms with E-state index < -0.39 is 0 Å². The van der Waals surface area contributed by atoms with E-state index in [4.69, 9.17) is 9.47 Å². The Morgan fingerprint density at radius 3 is 2.83 bits per heavy atom. The second kappa shape index (κ2) is 7.43. The molecule has 2 heterocycles. The first-order valence-corrected chi connectivity index (χ1v) is 7.40. The van der Waals surface area contributed by atoms with Gasteiger partial charge in [-0.25, -0.2) is 0 Å². The quantitative estimate of drug-likeness (QED) is 0.639. The van der Waals surface area contributed by atoms with Crippen LogP contribution >= 0.6 is 0 Å². The van der Waals surface area contributed by atoms with E-state index in [0.717, 1.165) is 31.8 Å². The largest absolute Gasteiger partial charge is 0.382 e. The molecule has 2 unspecified atom stereocenters. The third kappa shape index (κ3) is 3.67. The van der Waals surface area contributed by atoms with Gasteiger partial charge in [-0.3, -0.25) is 9.80 Å². The second-order valence-corrected chi connectivity index (χ2v) is 5.45. The van der Waals surface area contributed by atoms with Crippen LogP contribution in [0, 0.1) is 0 Å². The Kier molecular flexibility index (Phi) is 5.89. The number of fused-ring (bicyclic) bond motifs is 1. The van der Waals surface area contributed by atoms with Gasteiger partial charge in [-0.05, 0) is 25.8 Å². The zero-order chi connectivity index (χ0) is 12.8. The number of methoxy groups -OCH3 is 1. The molecule has 2 fully saturated rings. The van der Waals surface area contributed by atoms with Crippen molar-refractivity contribution in [3.63, 3.8) is 0 Å². The third-order valence-electron chi connectivity index (χ3n) is 4.33. The molecule has 0 radical (unpaired) electrons. The van der Waals surface area contributed by atoms with Gasteiger partial charge in [0.25, 0.3) is 0 Å². The van der Waals surface area contributed by atoms with Crippen molar-refractivity contribution in [3.05, 3.63) is 0 Å². The Morgan fingerprint density at radius 1 is 1.17 bits per heavy atom. The molecule has 0 bridgehead atoms. The Labute approximate surface area is 111 Å². The predicted molar refractivity (Wildman–Crippen MR) is 72.9 cm³/mol. The normalized spacial score (nSPS) is 29.7. The zero-order valence-corrected chi connectivity index (χ0v) is 11.9. The molecule has 0 spiro atoms. The maximum Gasteiger partial charge on any atom is 0.0700 e. The van der Waals surface area contributed by atoms with E-state index >= 15 is 0 Å². The molecular formula is C14H28N2O2. The van der Waals surface area contributed by atoms with E-state index in [1.807, 2.05) is 0 Å². The van der Waals surface area contributed by atoms with Gasteiger partial charge in [-0.15, -0.1) is 0 Å². The Hall–Kier alpha value is -0.160. The summed E-state index contributed by atoms with van der Waals surface area (Å²) in [6.45, 7) is 9.47. The highest BCUT2D eigenvalue weighted by atomic mass is 16.5. The number of ether oxygens (including phenoxy) is 2. The van der Waals surface area contributed by atoms with E-state index in [9.17, 15) is 0 Å². The SMILES string of the molecule is CCC1CN2CCCC2CN1CCOCCOC. The fourth-order valence-electron chi connectivity index (χ4n) is 3.24. The summed E-state index contributed by atoms with van der Waals surface area (Å²) in [4.78, 5) is 5.33. The smallest absolute Gasteiger partial charge is 0.0700 e. The maximum absolute atomic E-state index is 5.60. The molecule has 0 aromatic heterocycles. The number of rotatable bonds is 7. The first kappa shape index (κ1) is 14.3. The van der Waals surface area contributed by atoms with Crippen LogP contribution in [0.15, 0.2) is 0 Å². The van der Waals surface area contributed by atoms with Gasteiger partial charge >= 0.3 is 0 Å². The van der Waals surface area contributed by atoms with Gasteiger partial charge in [-0.2, -0.15) is 0 Å². The van der Waals surface area contributed by atoms with Crippen molar-refractivity contribution in [2.24, 2.45) is 0 Å². The van der Waals surface area contributed by atoms with Crippen LogP contribution in [0.2, 0.25) is 0 Å². The van der Waals surface area contributed by atoms with Gasteiger partial charge in [-0.1, -0.05) is 6.92 Å². The number of hydrogen-bond acceptors (Lipinski definition) is 4. The summed E-state index contributed by atoms with van der Waals surface area (Å²) in [5.41, 5.74) is 0. The number of nitrogens with zero attached hydrogens (tertiary/aromatic N) is 2. The van der Waals surface area contributed by atoms with Gasteiger partial charge < -0.3 is 9.47 Å². The van der Waals surface area contributed by atoms with E-state index in [1.165, 1.54) is 38.9 Å². The summed E-state index contributed by atoms with van der Waals surface area (Å²) in [5.74, 6) is 0. The van der Waals surface area contributed by atoms with Gasteiger partial charge in [0.05, 0.1) is 19.8 Å². The van der Waals surface area contributed by atoms with Crippen molar-refractivity contribution in [2.75, 3.05) is 53.1 Å². The average Bonchev–Trinajstić information content (AvgIpc) is 2.84. The molecule has 4 nitrogen and oxygen atoms in total. The van der Waals surface area contributed by atoms with Crippen molar-refractivity contribution in [1.29, 1.82) is 0 Å². The van der Waals surface area contributed by atoms with Gasteiger partial charge in [0.1, 0.15) is 0 Å². The molecule has 0 aliphatic carbocycles. The summed E-state index contributed by atoms with van der Waals surface area (Å²) < 4.78 is 10.6. The molecule has 2 atom stereocenters. The molecule has 0 amide bonds. The zero-order valence-electron chi connectivity index (χ0n) is 11.9. The number of piperazine rings is 1. The number of hydrogen-bond donors (Lipinski definition) is 0. The molecule has 18 heavy (non-hydrogen) atoms. The van der Waals surface area contributed by atoms with Crippen molar-refractivity contribution >= 4 is 0 Å². The Morgan fingerprint density at radius 2 is 2.06 bits per heavy atom. The molecule has 2 aliphatic heterocycles. The fourth-order valence-corrected chi connectivity index (χ4v) is 3.24. The molecule has 2 rings (SSSR count). The lowest BCUT2D eigenvalue weighted by Gasteiger charge is -2.43. The fraction of sp³-hybridized carbons (Fsp3) is 1.00. The lowest BCUT2D eigenvalue weighted by molar-refractivity contribution is 0.0128. The first-order valence-electron chi connectivity index (χ1n) is 7.40. The van der Waals surface area contributed by atoms with Crippen LogP contribution in [0.3, 0.4) is 0 Å². The summed E-state index contributed by atoms with van der Waals surface area (Å²) in [5, 5.41) is 0. The minimum absolute atomic E-state index is 0.702. The van der Waals surface area contributed by atoms with E-state index in [0.29, 0.717) is 6.61 Å². The highest BCUT2D eigenvalue weighted by Crippen LogP contribution is 2.25. The van der Waals surface area contributed by atoms with Crippen LogP contribution in [0.5, 0.6) is 0 Å². The second-order valence-electron chi connectivity index (χ2n) is 5.45. The Balaban J connectivity index is 1.71. The highest BCUT2D eigenvalue weighted by molar-refractivity contribution is 4.91. The maximum atomic E-state index is 5.60. The molecule has 106 valence electrons. The highest BCUT2D eigenvalue weighted by Gasteiger charge is 2.34. The standard InChI is InChI=1S/C14H28N2O2/c1-3-13-11-15-6-4-5-14(15)12-16(13)7-8-18-10-9-17-2/h13-14H,3-12H2,1-2H3. The summed E-state index contributed by atoms with van der Waals surface area (Å²) in [6.07, 6.45) is 4.03. The molecule has 0 N–H and O–H groups in total. The van der Waals surface area contributed by atoms with Crippen molar-refractivity contribution in [2.45, 2.75) is 38.3 Å². The van der Waals surface area contributed by atoms with Gasteiger partial charge in [0.15, 0.2) is 0 Å². The topological polar surface area (TPSA) is 24.9 Å². The summed E-state index contributed by atoms with van der Waals surface area (Å²) >= 11 is 0. The lowest BCUT2D eigenvalue weighted by atomic mass is 10.1. The molecule has 4 heteroatoms. The van der Waals surface area contributed by atoms with Gasteiger partial charge in [0, 0.05) is 38.8 Å². The van der Waals surface area contributed by atoms with E-state index in [2.05, 4.69) is 16.7 Å². The molecule has 0 saturated carbocycles. The molecule has 2 aliphatic rings. The van der Waals surface area contributed by atoms with E-state index in [-0.39, 0.29) is 0 Å². The van der Waals surface area contributed by atoms with E-state index in [1.54, 1.807) is 7.11 Å². The van der Waals surface area contributed by atoms with Crippen molar-refractivity contribution in [3.8, 4) is 0 Å². The van der Waals surface area contributed by atoms with Crippen LogP contribution in [-0.4, -0.2) is 75.0 Å². The minimum atomic E-state index is 0.702. The Bertz CT molecular complexity index is 238.